The van der Waals surface area contributed by atoms with Crippen molar-refractivity contribution in [1.29, 1.82) is 0 Å². The summed E-state index contributed by atoms with van der Waals surface area (Å²) >= 11 is 0. The molecule has 0 radical (unpaired) electrons. The molecule has 0 aromatic heterocycles. The van der Waals surface area contributed by atoms with Crippen LogP contribution < -0.4 is 15.8 Å². The fourth-order valence-corrected chi connectivity index (χ4v) is 3.26. The van der Waals surface area contributed by atoms with Gasteiger partial charge in [-0.05, 0) is 55.0 Å². The third kappa shape index (κ3) is 5.39. The van der Waals surface area contributed by atoms with Crippen molar-refractivity contribution in [2.45, 2.75) is 13.8 Å². The number of nitrogens with one attached hydrogen (secondary N) is 2. The number of hydrogen-bond donors (Lipinski definition) is 2. The third-order valence-electron chi connectivity index (χ3n) is 4.92. The minimum Gasteiger partial charge on any atom is -0.452 e. The zero-order chi connectivity index (χ0) is 22.2. The van der Waals surface area contributed by atoms with Gasteiger partial charge in [0.25, 0.3) is 11.8 Å². The Labute approximate surface area is 181 Å². The van der Waals surface area contributed by atoms with E-state index in [0.29, 0.717) is 11.1 Å². The van der Waals surface area contributed by atoms with Crippen LogP contribution >= 0.6 is 0 Å². The van der Waals surface area contributed by atoms with Gasteiger partial charge in [-0.3, -0.25) is 20.4 Å². The maximum atomic E-state index is 12.4. The number of carbonyl (C=O) groups is 3. The molecule has 0 spiro atoms. The van der Waals surface area contributed by atoms with E-state index in [0.717, 1.165) is 29.5 Å². The van der Waals surface area contributed by atoms with E-state index in [-0.39, 0.29) is 0 Å². The zero-order valence-electron chi connectivity index (χ0n) is 17.6. The van der Waals surface area contributed by atoms with Crippen molar-refractivity contribution in [2.75, 3.05) is 24.6 Å². The van der Waals surface area contributed by atoms with Gasteiger partial charge in [-0.2, -0.15) is 0 Å². The first-order chi connectivity index (χ1) is 15.0. The smallest absolute Gasteiger partial charge is 0.339 e. The van der Waals surface area contributed by atoms with Gasteiger partial charge in [0.2, 0.25) is 0 Å². The molecule has 0 aliphatic rings. The highest BCUT2D eigenvalue weighted by Crippen LogP contribution is 2.19. The number of anilines is 1. The van der Waals surface area contributed by atoms with Crippen molar-refractivity contribution in [3.8, 4) is 0 Å². The van der Waals surface area contributed by atoms with Gasteiger partial charge in [-0.1, -0.05) is 36.4 Å². The molecule has 0 aliphatic heterocycles. The largest absolute Gasteiger partial charge is 0.452 e. The molecule has 7 nitrogen and oxygen atoms in total. The normalized spacial score (nSPS) is 10.4. The van der Waals surface area contributed by atoms with E-state index >= 15 is 0 Å². The number of esters is 1. The van der Waals surface area contributed by atoms with Crippen LogP contribution in [0.3, 0.4) is 0 Å². The Balaban J connectivity index is 1.51. The molecule has 0 fully saturated rings. The van der Waals surface area contributed by atoms with E-state index < -0.39 is 24.4 Å². The maximum Gasteiger partial charge on any atom is 0.339 e. The van der Waals surface area contributed by atoms with E-state index in [4.69, 9.17) is 4.74 Å². The van der Waals surface area contributed by atoms with E-state index in [9.17, 15) is 14.4 Å². The van der Waals surface area contributed by atoms with E-state index in [2.05, 4.69) is 29.6 Å². The van der Waals surface area contributed by atoms with Crippen LogP contribution in [0.5, 0.6) is 0 Å². The molecule has 0 unspecified atom stereocenters. The van der Waals surface area contributed by atoms with E-state index in [1.165, 1.54) is 0 Å². The van der Waals surface area contributed by atoms with Crippen molar-refractivity contribution < 1.29 is 19.1 Å². The Hall–Kier alpha value is -3.87. The van der Waals surface area contributed by atoms with Crippen LogP contribution in [-0.4, -0.2) is 37.5 Å². The van der Waals surface area contributed by atoms with Gasteiger partial charge < -0.3 is 9.64 Å². The minimum atomic E-state index is -0.637. The predicted molar refractivity (Wildman–Crippen MR) is 120 cm³/mol. The summed E-state index contributed by atoms with van der Waals surface area (Å²) < 4.78 is 5.09. The second kappa shape index (κ2) is 10.2. The second-order valence-electron chi connectivity index (χ2n) is 6.82. The molecule has 0 heterocycles. The van der Waals surface area contributed by atoms with Gasteiger partial charge in [-0.15, -0.1) is 0 Å². The summed E-state index contributed by atoms with van der Waals surface area (Å²) in [7, 11) is 0. The lowest BCUT2D eigenvalue weighted by Gasteiger charge is -2.21. The molecule has 0 bridgehead atoms. The Kier molecular flexibility index (Phi) is 7.22. The summed E-state index contributed by atoms with van der Waals surface area (Å²) in [5, 5.41) is 1.65. The number of hydrazine groups is 1. The highest BCUT2D eigenvalue weighted by molar-refractivity contribution is 6.05. The third-order valence-corrected chi connectivity index (χ3v) is 4.92. The summed E-state index contributed by atoms with van der Waals surface area (Å²) in [5.74, 6) is -1.70. The summed E-state index contributed by atoms with van der Waals surface area (Å²) in [6, 6.07) is 19.8. The predicted octanol–water partition coefficient (Wildman–Crippen LogP) is 3.30. The van der Waals surface area contributed by atoms with Gasteiger partial charge >= 0.3 is 5.97 Å². The van der Waals surface area contributed by atoms with Crippen LogP contribution in [0.25, 0.3) is 10.8 Å². The topological polar surface area (TPSA) is 87.7 Å². The molecule has 160 valence electrons. The van der Waals surface area contributed by atoms with Crippen LogP contribution in [0.4, 0.5) is 5.69 Å². The number of hydrogen-bond acceptors (Lipinski definition) is 5. The second-order valence-corrected chi connectivity index (χ2v) is 6.82. The first-order valence-corrected chi connectivity index (χ1v) is 10.1. The molecular weight excluding hydrogens is 394 g/mol. The Morgan fingerprint density at radius 2 is 1.52 bits per heavy atom. The van der Waals surface area contributed by atoms with Crippen molar-refractivity contribution >= 4 is 34.2 Å². The lowest BCUT2D eigenvalue weighted by Crippen LogP contribution is -2.43. The van der Waals surface area contributed by atoms with Gasteiger partial charge in [0.15, 0.2) is 6.61 Å². The number of amides is 2. The van der Waals surface area contributed by atoms with Gasteiger partial charge in [0.05, 0.1) is 5.56 Å². The van der Waals surface area contributed by atoms with Crippen molar-refractivity contribution in [3.63, 3.8) is 0 Å². The molecule has 0 saturated heterocycles. The maximum absolute atomic E-state index is 12.4. The highest BCUT2D eigenvalue weighted by atomic mass is 16.5. The standard InChI is InChI=1S/C24H25N3O4/c1-3-27(4-2)19-14-12-18(13-15-19)23(29)26-25-22(28)16-31-24(30)21-11-7-9-17-8-5-6-10-20(17)21/h5-15H,3-4,16H2,1-2H3,(H,25,28)(H,26,29). The molecule has 2 amide bonds. The SMILES string of the molecule is CCN(CC)c1ccc(C(=O)NNC(=O)COC(=O)c2cccc3ccccc23)cc1. The Morgan fingerprint density at radius 1 is 0.839 bits per heavy atom. The average molecular weight is 419 g/mol. The number of fused-ring (bicyclic) bond motifs is 1. The molecule has 7 heteroatoms. The number of rotatable bonds is 7. The minimum absolute atomic E-state index is 0.378. The van der Waals surface area contributed by atoms with Gasteiger partial charge in [0.1, 0.15) is 0 Å². The highest BCUT2D eigenvalue weighted by Gasteiger charge is 2.14. The molecule has 0 aliphatic carbocycles. The average Bonchev–Trinajstić information content (AvgIpc) is 2.81. The molecule has 3 aromatic carbocycles. The fourth-order valence-electron chi connectivity index (χ4n) is 3.26. The lowest BCUT2D eigenvalue weighted by molar-refractivity contribution is -0.125. The molecule has 0 saturated carbocycles. The van der Waals surface area contributed by atoms with E-state index in [1.54, 1.807) is 24.3 Å². The summed E-state index contributed by atoms with van der Waals surface area (Å²) in [5.41, 5.74) is 6.39. The van der Waals surface area contributed by atoms with E-state index in [1.807, 2.05) is 42.5 Å². The van der Waals surface area contributed by atoms with Gasteiger partial charge in [0, 0.05) is 24.3 Å². The number of nitrogens with zero attached hydrogens (tertiary/aromatic N) is 1. The Morgan fingerprint density at radius 3 is 2.23 bits per heavy atom. The van der Waals surface area contributed by atoms with Crippen molar-refractivity contribution in [1.82, 2.24) is 10.9 Å². The summed E-state index contributed by atoms with van der Waals surface area (Å²) in [6.07, 6.45) is 0. The molecule has 2 N–H and O–H groups in total. The van der Waals surface area contributed by atoms with Gasteiger partial charge in [-0.25, -0.2) is 4.79 Å². The molecule has 3 rings (SSSR count). The fraction of sp³-hybridized carbons (Fsp3) is 0.208. The summed E-state index contributed by atoms with van der Waals surface area (Å²) in [4.78, 5) is 38.7. The number of carbonyl (C=O) groups excluding carboxylic acids is 3. The van der Waals surface area contributed by atoms with Crippen molar-refractivity contribution in [3.05, 3.63) is 77.9 Å². The molecule has 0 atom stereocenters. The zero-order valence-corrected chi connectivity index (χ0v) is 17.6. The quantitative estimate of drug-likeness (QED) is 0.453. The monoisotopic (exact) mass is 419 g/mol. The molecular formula is C24H25N3O4. The first kappa shape index (κ1) is 21.8. The first-order valence-electron chi connectivity index (χ1n) is 10.1. The molecule has 31 heavy (non-hydrogen) atoms. The van der Waals surface area contributed by atoms with Crippen LogP contribution in [0.1, 0.15) is 34.6 Å². The molecule has 3 aromatic rings. The van der Waals surface area contributed by atoms with Crippen molar-refractivity contribution in [2.24, 2.45) is 0 Å². The van der Waals surface area contributed by atoms with Crippen LogP contribution in [-0.2, 0) is 9.53 Å². The number of benzene rings is 3. The van der Waals surface area contributed by atoms with Crippen LogP contribution in [0.2, 0.25) is 0 Å². The lowest BCUT2D eigenvalue weighted by atomic mass is 10.1. The Bertz CT molecular complexity index is 1070. The summed E-state index contributed by atoms with van der Waals surface area (Å²) in [6.45, 7) is 5.36. The number of ether oxygens (including phenoxy) is 1. The van der Waals surface area contributed by atoms with Crippen LogP contribution in [0, 0.1) is 0 Å². The van der Waals surface area contributed by atoms with Crippen LogP contribution in [0.15, 0.2) is 66.7 Å².